The molecule has 13 heteroatoms. The number of nitrogens with zero attached hydrogens (tertiary/aromatic N) is 2. The van der Waals surface area contributed by atoms with Gasteiger partial charge in [-0.25, -0.2) is 30.6 Å². The van der Waals surface area contributed by atoms with Crippen molar-refractivity contribution in [3.05, 3.63) is 58.6 Å². The Kier molecular flexibility index (Phi) is 6.88. The highest BCUT2D eigenvalue weighted by Gasteiger charge is 2.61. The van der Waals surface area contributed by atoms with Crippen LogP contribution in [0, 0.1) is 17.6 Å². The van der Waals surface area contributed by atoms with Gasteiger partial charge in [-0.3, -0.25) is 4.99 Å². The van der Waals surface area contributed by atoms with Crippen LogP contribution in [-0.4, -0.2) is 66.3 Å². The molecule has 0 aromatic heterocycles. The lowest BCUT2D eigenvalue weighted by molar-refractivity contribution is -0.0732. The number of ether oxygens (including phenoxy) is 2. The van der Waals surface area contributed by atoms with Gasteiger partial charge in [0.2, 0.25) is 0 Å². The maximum absolute atomic E-state index is 15.4. The Bertz CT molecular complexity index is 1500. The Morgan fingerprint density at radius 2 is 1.78 bits per heavy atom. The van der Waals surface area contributed by atoms with Gasteiger partial charge < -0.3 is 9.47 Å². The first kappa shape index (κ1) is 26.2. The summed E-state index contributed by atoms with van der Waals surface area (Å²) >= 11 is 5.96. The minimum atomic E-state index is -4.37. The first-order chi connectivity index (χ1) is 17.5. The summed E-state index contributed by atoms with van der Waals surface area (Å²) in [5, 5.41) is 0.309. The minimum absolute atomic E-state index is 0.0719. The summed E-state index contributed by atoms with van der Waals surface area (Å²) in [6, 6.07) is 7.19. The van der Waals surface area contributed by atoms with Crippen molar-refractivity contribution in [2.45, 2.75) is 28.6 Å². The zero-order valence-electron chi connectivity index (χ0n) is 19.4. The molecule has 0 bridgehead atoms. The molecular weight excluding hydrogens is 550 g/mol. The summed E-state index contributed by atoms with van der Waals surface area (Å²) in [7, 11) is -8.02. The van der Waals surface area contributed by atoms with E-state index in [2.05, 4.69) is 9.98 Å². The predicted octanol–water partition coefficient (Wildman–Crippen LogP) is 3.37. The Labute approximate surface area is 218 Å². The van der Waals surface area contributed by atoms with Crippen LogP contribution in [0.2, 0.25) is 5.02 Å². The van der Waals surface area contributed by atoms with E-state index in [1.54, 1.807) is 0 Å². The van der Waals surface area contributed by atoms with Gasteiger partial charge in [0.1, 0.15) is 22.2 Å². The van der Waals surface area contributed by atoms with E-state index in [0.29, 0.717) is 11.6 Å². The molecule has 8 nitrogen and oxygen atoms in total. The van der Waals surface area contributed by atoms with Crippen LogP contribution < -0.4 is 4.74 Å². The molecule has 0 saturated carbocycles. The zero-order chi connectivity index (χ0) is 26.4. The van der Waals surface area contributed by atoms with Crippen LogP contribution in [0.3, 0.4) is 0 Å². The van der Waals surface area contributed by atoms with Gasteiger partial charge in [-0.15, -0.1) is 0 Å². The highest BCUT2D eigenvalue weighted by Crippen LogP contribution is 2.55. The molecule has 0 N–H and O–H groups in total. The Morgan fingerprint density at radius 1 is 1.05 bits per heavy atom. The number of amidine groups is 1. The highest BCUT2D eigenvalue weighted by molar-refractivity contribution is 7.92. The minimum Gasteiger partial charge on any atom is -0.490 e. The first-order valence-corrected chi connectivity index (χ1v) is 15.2. The average Bonchev–Trinajstić information content (AvgIpc) is 3.37. The smallest absolute Gasteiger partial charge is 0.189 e. The van der Waals surface area contributed by atoms with E-state index in [-0.39, 0.29) is 48.3 Å². The summed E-state index contributed by atoms with van der Waals surface area (Å²) in [5.41, 5.74) is -0.399. The largest absolute Gasteiger partial charge is 0.490 e. The molecule has 0 amide bonds. The number of benzene rings is 2. The van der Waals surface area contributed by atoms with Gasteiger partial charge in [0.05, 0.1) is 35.5 Å². The van der Waals surface area contributed by atoms with Crippen LogP contribution in [-0.2, 0) is 29.2 Å². The monoisotopic (exact) mass is 572 g/mol. The second-order valence-corrected chi connectivity index (χ2v) is 13.9. The second-order valence-electron chi connectivity index (χ2n) is 9.11. The molecule has 1 saturated heterocycles. The Balaban J connectivity index is 1.57. The number of fused-ring (bicyclic) bond motifs is 3. The van der Waals surface area contributed by atoms with Gasteiger partial charge in [-0.1, -0.05) is 11.6 Å². The van der Waals surface area contributed by atoms with Gasteiger partial charge in [-0.2, -0.15) is 0 Å². The van der Waals surface area contributed by atoms with Crippen molar-refractivity contribution in [2.75, 3.05) is 31.3 Å². The van der Waals surface area contributed by atoms with Crippen LogP contribution in [0.25, 0.3) is 0 Å². The van der Waals surface area contributed by atoms with E-state index in [4.69, 9.17) is 21.1 Å². The number of rotatable bonds is 7. The van der Waals surface area contributed by atoms with Crippen LogP contribution >= 0.6 is 11.6 Å². The third-order valence-electron chi connectivity index (χ3n) is 7.00. The molecule has 198 valence electrons. The lowest BCUT2D eigenvalue weighted by Crippen LogP contribution is -2.57. The van der Waals surface area contributed by atoms with Crippen molar-refractivity contribution >= 4 is 43.3 Å². The van der Waals surface area contributed by atoms with E-state index in [1.807, 2.05) is 0 Å². The SMILES string of the molecule is O=S(=O)(CC[C@@H]1OCC[C@@]2(S(=O)(=O)c3ccc(Cl)cc3)c3c(F)ccc(F)c3OC[C@@H]12)CC1=NCC=N1. The topological polar surface area (TPSA) is 111 Å². The van der Waals surface area contributed by atoms with Crippen molar-refractivity contribution < 1.29 is 35.1 Å². The van der Waals surface area contributed by atoms with Crippen LogP contribution in [0.1, 0.15) is 18.4 Å². The van der Waals surface area contributed by atoms with E-state index in [0.717, 1.165) is 12.1 Å². The zero-order valence-corrected chi connectivity index (χ0v) is 21.8. The van der Waals surface area contributed by atoms with Gasteiger partial charge in [0.25, 0.3) is 0 Å². The fourth-order valence-electron chi connectivity index (χ4n) is 5.32. The summed E-state index contributed by atoms with van der Waals surface area (Å²) in [6.45, 7) is -0.0923. The molecule has 3 heterocycles. The molecule has 0 radical (unpaired) electrons. The van der Waals surface area contributed by atoms with E-state index >= 15 is 4.39 Å². The van der Waals surface area contributed by atoms with Gasteiger partial charge >= 0.3 is 0 Å². The quantitative estimate of drug-likeness (QED) is 0.503. The van der Waals surface area contributed by atoms with Crippen molar-refractivity contribution in [1.82, 2.24) is 0 Å². The molecule has 0 aliphatic carbocycles. The Hall–Kier alpha value is -2.41. The van der Waals surface area contributed by atoms with Crippen molar-refractivity contribution in [3.63, 3.8) is 0 Å². The molecule has 3 aliphatic heterocycles. The van der Waals surface area contributed by atoms with Crippen LogP contribution in [0.15, 0.2) is 51.3 Å². The third kappa shape index (κ3) is 4.58. The predicted molar refractivity (Wildman–Crippen MR) is 134 cm³/mol. The summed E-state index contributed by atoms with van der Waals surface area (Å²) in [5.74, 6) is -3.77. The summed E-state index contributed by atoms with van der Waals surface area (Å²) in [4.78, 5) is 7.82. The fourth-order valence-corrected chi connectivity index (χ4v) is 9.08. The van der Waals surface area contributed by atoms with Crippen LogP contribution in [0.4, 0.5) is 8.78 Å². The molecule has 2 aromatic carbocycles. The van der Waals surface area contributed by atoms with Crippen molar-refractivity contribution in [3.8, 4) is 5.75 Å². The molecule has 3 aliphatic rings. The molecule has 0 unspecified atom stereocenters. The number of aliphatic imine (C=N–C) groups is 2. The maximum atomic E-state index is 15.4. The molecule has 37 heavy (non-hydrogen) atoms. The van der Waals surface area contributed by atoms with E-state index in [1.165, 1.54) is 30.5 Å². The number of hydrogen-bond acceptors (Lipinski definition) is 8. The number of halogens is 3. The van der Waals surface area contributed by atoms with E-state index < -0.39 is 59.4 Å². The van der Waals surface area contributed by atoms with Crippen molar-refractivity contribution in [2.24, 2.45) is 15.9 Å². The Morgan fingerprint density at radius 3 is 2.49 bits per heavy atom. The molecule has 0 spiro atoms. The first-order valence-electron chi connectivity index (χ1n) is 11.5. The van der Waals surface area contributed by atoms with Crippen molar-refractivity contribution in [1.29, 1.82) is 0 Å². The number of hydrogen-bond donors (Lipinski definition) is 0. The third-order valence-corrected chi connectivity index (χ3v) is 11.4. The summed E-state index contributed by atoms with van der Waals surface area (Å²) < 4.78 is 93.7. The van der Waals surface area contributed by atoms with Gasteiger partial charge in [0.15, 0.2) is 31.2 Å². The lowest BCUT2D eigenvalue weighted by atomic mass is 9.75. The van der Waals surface area contributed by atoms with Gasteiger partial charge in [0, 0.05) is 23.8 Å². The average molecular weight is 573 g/mol. The second kappa shape index (κ2) is 9.72. The lowest BCUT2D eigenvalue weighted by Gasteiger charge is -2.50. The standard InChI is InChI=1S/C24H23ClF2N2O6S2/c25-15-1-3-16(4-2-15)37(32,33)24-8-11-34-20(7-12-36(30,31)14-21-28-9-10-29-21)17(24)13-35-23-19(27)6-5-18(26)22(23)24/h1-6,9,17,20H,7-8,10-14H2/t17-,20-,24-/m0/s1. The molecule has 2 aromatic rings. The molecule has 1 fully saturated rings. The maximum Gasteiger partial charge on any atom is 0.189 e. The van der Waals surface area contributed by atoms with Gasteiger partial charge in [-0.05, 0) is 49.2 Å². The fraction of sp³-hybridized carbons (Fsp3) is 0.417. The summed E-state index contributed by atoms with van der Waals surface area (Å²) in [6.07, 6.45) is 0.344. The van der Waals surface area contributed by atoms with E-state index in [9.17, 15) is 21.2 Å². The molecule has 5 rings (SSSR count). The number of sulfone groups is 2. The molecule has 3 atom stereocenters. The molecular formula is C24H23ClF2N2O6S2. The highest BCUT2D eigenvalue weighted by atomic mass is 35.5. The normalized spacial score (nSPS) is 25.2. The van der Waals surface area contributed by atoms with Crippen LogP contribution in [0.5, 0.6) is 5.75 Å².